The summed E-state index contributed by atoms with van der Waals surface area (Å²) in [4.78, 5) is 20.2. The third kappa shape index (κ3) is 3.86. The third-order valence-electron chi connectivity index (χ3n) is 5.90. The van der Waals surface area contributed by atoms with Gasteiger partial charge >= 0.3 is 0 Å². The first-order valence-corrected chi connectivity index (χ1v) is 11.9. The van der Waals surface area contributed by atoms with Crippen molar-refractivity contribution in [3.8, 4) is 5.75 Å². The van der Waals surface area contributed by atoms with Crippen molar-refractivity contribution in [3.63, 3.8) is 0 Å². The minimum atomic E-state index is -1.04. The van der Waals surface area contributed by atoms with Gasteiger partial charge in [0.15, 0.2) is 11.6 Å². The smallest absolute Gasteiger partial charge is 0.253 e. The fourth-order valence-electron chi connectivity index (χ4n) is 3.96. The number of aromatic nitrogens is 1. The number of hydrogen-bond acceptors (Lipinski definition) is 5. The summed E-state index contributed by atoms with van der Waals surface area (Å²) in [6, 6.07) is 15.5. The van der Waals surface area contributed by atoms with E-state index in [2.05, 4.69) is 10.3 Å². The first kappa shape index (κ1) is 20.6. The molecule has 0 spiro atoms. The molecule has 164 valence electrons. The molecule has 1 N–H and O–H groups in total. The Balaban J connectivity index is 1.36. The van der Waals surface area contributed by atoms with Crippen LogP contribution in [0, 0.1) is 5.82 Å². The number of carbonyl (C=O) groups is 1. The van der Waals surface area contributed by atoms with Gasteiger partial charge in [-0.25, -0.2) is 9.37 Å². The second-order valence-corrected chi connectivity index (χ2v) is 9.42. The summed E-state index contributed by atoms with van der Waals surface area (Å²) in [5.41, 5.74) is 1.84. The highest BCUT2D eigenvalue weighted by Crippen LogP contribution is 2.46. The van der Waals surface area contributed by atoms with E-state index in [1.165, 1.54) is 12.1 Å². The molecule has 32 heavy (non-hydrogen) atoms. The summed E-state index contributed by atoms with van der Waals surface area (Å²) in [5.74, 6) is 0.605. The topological polar surface area (TPSA) is 71.5 Å². The van der Waals surface area contributed by atoms with Gasteiger partial charge in [0.25, 0.3) is 5.91 Å². The van der Waals surface area contributed by atoms with Crippen LogP contribution in [0.4, 0.5) is 15.9 Å². The molecule has 2 aliphatic rings. The van der Waals surface area contributed by atoms with Crippen molar-refractivity contribution in [3.05, 3.63) is 77.7 Å². The molecule has 1 aromatic heterocycles. The van der Waals surface area contributed by atoms with Crippen molar-refractivity contribution in [1.29, 1.82) is 0 Å². The van der Waals surface area contributed by atoms with Crippen LogP contribution in [0.3, 0.4) is 0 Å². The molecule has 1 aliphatic carbocycles. The second-order valence-electron chi connectivity index (χ2n) is 8.04. The predicted octanol–water partition coefficient (Wildman–Crippen LogP) is 3.91. The van der Waals surface area contributed by atoms with E-state index >= 15 is 0 Å². The number of rotatable bonds is 5. The standard InChI is InChI=1S/C24H22FN3O3S/c1-32(30)20-8-2-17(3-9-20)24(10-11-24)27-23(29)16-14-21-22(26-15-16)28(12-13-31-21)19-6-4-18(25)5-7-19/h2-9,14-15H,10-13H2,1H3,(H,27,29). The molecule has 1 unspecified atom stereocenters. The van der Waals surface area contributed by atoms with Crippen molar-refractivity contribution < 1.29 is 18.1 Å². The SMILES string of the molecule is CS(=O)c1ccc(C2(NC(=O)c3cnc4c(c3)OCCN4c3ccc(F)cc3)CC2)cc1. The van der Waals surface area contributed by atoms with Gasteiger partial charge in [-0.2, -0.15) is 0 Å². The number of hydrogen-bond donors (Lipinski definition) is 1. The van der Waals surface area contributed by atoms with Crippen molar-refractivity contribution in [1.82, 2.24) is 10.3 Å². The normalized spacial score (nSPS) is 17.1. The number of fused-ring (bicyclic) bond motifs is 1. The maximum Gasteiger partial charge on any atom is 0.253 e. The molecule has 3 aromatic rings. The summed E-state index contributed by atoms with van der Waals surface area (Å²) in [5, 5.41) is 3.14. The molecule has 1 fully saturated rings. The fourth-order valence-corrected chi connectivity index (χ4v) is 4.48. The number of amides is 1. The Morgan fingerprint density at radius 1 is 1.16 bits per heavy atom. The second kappa shape index (κ2) is 8.02. The number of carbonyl (C=O) groups excluding carboxylic acids is 1. The van der Waals surface area contributed by atoms with Crippen molar-refractivity contribution in [2.75, 3.05) is 24.3 Å². The van der Waals surface area contributed by atoms with E-state index < -0.39 is 16.3 Å². The van der Waals surface area contributed by atoms with Crippen LogP contribution in [0.5, 0.6) is 5.75 Å². The lowest BCUT2D eigenvalue weighted by atomic mass is 10.0. The van der Waals surface area contributed by atoms with E-state index in [1.807, 2.05) is 29.2 Å². The predicted molar refractivity (Wildman–Crippen MR) is 120 cm³/mol. The lowest BCUT2D eigenvalue weighted by molar-refractivity contribution is 0.0930. The number of nitrogens with zero attached hydrogens (tertiary/aromatic N) is 2. The van der Waals surface area contributed by atoms with E-state index in [9.17, 15) is 13.4 Å². The van der Waals surface area contributed by atoms with E-state index in [0.717, 1.165) is 29.0 Å². The van der Waals surface area contributed by atoms with Gasteiger partial charge in [0.1, 0.15) is 12.4 Å². The molecule has 1 aliphatic heterocycles. The molecule has 5 rings (SSSR count). The van der Waals surface area contributed by atoms with E-state index in [4.69, 9.17) is 4.74 Å². The van der Waals surface area contributed by atoms with Gasteiger partial charge in [-0.15, -0.1) is 0 Å². The highest BCUT2D eigenvalue weighted by Gasteiger charge is 2.45. The first-order valence-electron chi connectivity index (χ1n) is 10.4. The average Bonchev–Trinajstić information content (AvgIpc) is 3.59. The summed E-state index contributed by atoms with van der Waals surface area (Å²) in [6.07, 6.45) is 4.88. The van der Waals surface area contributed by atoms with E-state index in [-0.39, 0.29) is 11.7 Å². The Kier molecular flexibility index (Phi) is 5.17. The lowest BCUT2D eigenvalue weighted by Gasteiger charge is -2.30. The number of benzene rings is 2. The van der Waals surface area contributed by atoms with E-state index in [1.54, 1.807) is 30.7 Å². The number of anilines is 2. The monoisotopic (exact) mass is 451 g/mol. The Morgan fingerprint density at radius 2 is 1.88 bits per heavy atom. The van der Waals surface area contributed by atoms with Crippen molar-refractivity contribution >= 4 is 28.2 Å². The highest BCUT2D eigenvalue weighted by molar-refractivity contribution is 7.84. The summed E-state index contributed by atoms with van der Waals surface area (Å²) < 4.78 is 30.7. The molecule has 0 radical (unpaired) electrons. The molecular formula is C24H22FN3O3S. The largest absolute Gasteiger partial charge is 0.488 e. The Bertz CT molecular complexity index is 1190. The molecule has 8 heteroatoms. The molecule has 0 saturated heterocycles. The van der Waals surface area contributed by atoms with Gasteiger partial charge in [0.05, 0.1) is 17.6 Å². The number of halogens is 1. The van der Waals surface area contributed by atoms with Crippen LogP contribution in [-0.4, -0.2) is 34.5 Å². The summed E-state index contributed by atoms with van der Waals surface area (Å²) in [7, 11) is -1.04. The van der Waals surface area contributed by atoms with Crippen LogP contribution in [0.1, 0.15) is 28.8 Å². The zero-order chi connectivity index (χ0) is 22.3. The highest BCUT2D eigenvalue weighted by atomic mass is 32.2. The third-order valence-corrected chi connectivity index (χ3v) is 6.84. The zero-order valence-electron chi connectivity index (χ0n) is 17.5. The molecule has 1 atom stereocenters. The average molecular weight is 452 g/mol. The quantitative estimate of drug-likeness (QED) is 0.637. The van der Waals surface area contributed by atoms with Crippen LogP contribution >= 0.6 is 0 Å². The summed E-state index contributed by atoms with van der Waals surface area (Å²) in [6.45, 7) is 1.02. The van der Waals surface area contributed by atoms with Gasteiger partial charge in [-0.1, -0.05) is 12.1 Å². The molecule has 6 nitrogen and oxygen atoms in total. The van der Waals surface area contributed by atoms with Crippen LogP contribution in [-0.2, 0) is 16.3 Å². The zero-order valence-corrected chi connectivity index (χ0v) is 18.3. The van der Waals surface area contributed by atoms with Crippen LogP contribution < -0.4 is 15.0 Å². The molecule has 1 saturated carbocycles. The van der Waals surface area contributed by atoms with Gasteiger partial charge in [0, 0.05) is 33.8 Å². The maximum atomic E-state index is 13.3. The lowest BCUT2D eigenvalue weighted by Crippen LogP contribution is -2.35. The van der Waals surface area contributed by atoms with Crippen molar-refractivity contribution in [2.45, 2.75) is 23.3 Å². The van der Waals surface area contributed by atoms with Crippen LogP contribution in [0.15, 0.2) is 65.7 Å². The molecular weight excluding hydrogens is 429 g/mol. The molecule has 2 heterocycles. The van der Waals surface area contributed by atoms with Gasteiger partial charge in [-0.05, 0) is 60.9 Å². The molecule has 0 bridgehead atoms. The van der Waals surface area contributed by atoms with Gasteiger partial charge in [-0.3, -0.25) is 9.00 Å². The van der Waals surface area contributed by atoms with Crippen LogP contribution in [0.2, 0.25) is 0 Å². The fraction of sp³-hybridized carbons (Fsp3) is 0.250. The molecule has 1 amide bonds. The number of pyridine rings is 1. The van der Waals surface area contributed by atoms with E-state index in [0.29, 0.717) is 30.3 Å². The minimum absolute atomic E-state index is 0.219. The van der Waals surface area contributed by atoms with Crippen LogP contribution in [0.25, 0.3) is 0 Å². The number of nitrogens with one attached hydrogen (secondary N) is 1. The Morgan fingerprint density at radius 3 is 2.53 bits per heavy atom. The van der Waals surface area contributed by atoms with Gasteiger partial charge < -0.3 is 15.0 Å². The Labute approximate surface area is 187 Å². The summed E-state index contributed by atoms with van der Waals surface area (Å²) >= 11 is 0. The van der Waals surface area contributed by atoms with Crippen molar-refractivity contribution in [2.24, 2.45) is 0 Å². The molecule has 2 aromatic carbocycles. The van der Waals surface area contributed by atoms with Gasteiger partial charge in [0.2, 0.25) is 0 Å². The minimum Gasteiger partial charge on any atom is -0.488 e. The maximum absolute atomic E-state index is 13.3. The first-order chi connectivity index (χ1) is 15.4. The Hall–Kier alpha value is -3.26. The number of ether oxygens (including phenoxy) is 1.